The Morgan fingerprint density at radius 1 is 1.36 bits per heavy atom. The van der Waals surface area contributed by atoms with Crippen LogP contribution in [0.15, 0.2) is 30.5 Å². The van der Waals surface area contributed by atoms with Crippen molar-refractivity contribution in [2.75, 3.05) is 7.05 Å². The summed E-state index contributed by atoms with van der Waals surface area (Å²) in [4.78, 5) is 4.45. The summed E-state index contributed by atoms with van der Waals surface area (Å²) in [5.74, 6) is 0.998. The van der Waals surface area contributed by atoms with Gasteiger partial charge in [-0.25, -0.2) is 4.98 Å². The molecule has 1 aromatic carbocycles. The molecule has 3 nitrogen and oxygen atoms in total. The molecule has 0 saturated heterocycles. The minimum Gasteiger partial charge on any atom is -0.393 e. The second-order valence-electron chi connectivity index (χ2n) is 3.12. The quantitative estimate of drug-likeness (QED) is 0.779. The minimum absolute atomic E-state index is 0.998. The Kier molecular flexibility index (Phi) is 2.23. The van der Waals surface area contributed by atoms with E-state index in [-0.39, 0.29) is 0 Å². The SMILES string of the molecule is CN/C=C\n1c(C)nc2ccccc21. The number of nitrogens with one attached hydrogen (secondary N) is 1. The molecule has 0 unspecified atom stereocenters. The number of para-hydroxylation sites is 2. The topological polar surface area (TPSA) is 29.9 Å². The van der Waals surface area contributed by atoms with E-state index >= 15 is 0 Å². The number of aryl methyl sites for hydroxylation is 1. The molecule has 0 aliphatic rings. The van der Waals surface area contributed by atoms with Gasteiger partial charge >= 0.3 is 0 Å². The van der Waals surface area contributed by atoms with Gasteiger partial charge in [-0.1, -0.05) is 12.1 Å². The first-order valence-electron chi connectivity index (χ1n) is 4.60. The lowest BCUT2D eigenvalue weighted by Crippen LogP contribution is -1.95. The predicted octanol–water partition coefficient (Wildman–Crippen LogP) is 1.99. The molecule has 0 amide bonds. The standard InChI is InChI=1S/C11H13N3/c1-9-13-10-5-3-4-6-11(10)14(9)8-7-12-2/h3-8,12H,1-2H3/b8-7-. The van der Waals surface area contributed by atoms with Crippen molar-refractivity contribution < 1.29 is 0 Å². The van der Waals surface area contributed by atoms with Crippen LogP contribution in [0, 0.1) is 6.92 Å². The Morgan fingerprint density at radius 2 is 2.14 bits per heavy atom. The molecular formula is C11H13N3. The third-order valence-electron chi connectivity index (χ3n) is 2.16. The molecule has 2 rings (SSSR count). The van der Waals surface area contributed by atoms with Crippen molar-refractivity contribution in [3.8, 4) is 0 Å². The van der Waals surface area contributed by atoms with Crippen LogP contribution in [0.1, 0.15) is 5.82 Å². The second kappa shape index (κ2) is 3.54. The number of fused-ring (bicyclic) bond motifs is 1. The number of hydrogen-bond donors (Lipinski definition) is 1. The first-order valence-corrected chi connectivity index (χ1v) is 4.60. The van der Waals surface area contributed by atoms with Gasteiger partial charge in [0.2, 0.25) is 0 Å². The maximum absolute atomic E-state index is 4.45. The highest BCUT2D eigenvalue weighted by Gasteiger charge is 2.02. The summed E-state index contributed by atoms with van der Waals surface area (Å²) in [5, 5.41) is 2.97. The van der Waals surface area contributed by atoms with Gasteiger partial charge in [0.05, 0.1) is 11.0 Å². The summed E-state index contributed by atoms with van der Waals surface area (Å²) >= 11 is 0. The molecule has 2 aromatic rings. The van der Waals surface area contributed by atoms with Crippen molar-refractivity contribution in [1.29, 1.82) is 0 Å². The number of nitrogens with zero attached hydrogens (tertiary/aromatic N) is 2. The molecule has 0 saturated carbocycles. The minimum atomic E-state index is 0.998. The molecule has 0 radical (unpaired) electrons. The Labute approximate surface area is 83.1 Å². The van der Waals surface area contributed by atoms with Crippen LogP contribution in [-0.2, 0) is 0 Å². The van der Waals surface area contributed by atoms with Crippen molar-refractivity contribution in [3.05, 3.63) is 36.3 Å². The Bertz CT molecular complexity index is 468. The van der Waals surface area contributed by atoms with Crippen LogP contribution < -0.4 is 5.32 Å². The van der Waals surface area contributed by atoms with Gasteiger partial charge < -0.3 is 9.88 Å². The van der Waals surface area contributed by atoms with E-state index in [1.807, 2.05) is 44.6 Å². The van der Waals surface area contributed by atoms with Gasteiger partial charge in [0.1, 0.15) is 5.82 Å². The Morgan fingerprint density at radius 3 is 2.93 bits per heavy atom. The lowest BCUT2D eigenvalue weighted by molar-refractivity contribution is 1.03. The number of hydrogen-bond acceptors (Lipinski definition) is 2. The van der Waals surface area contributed by atoms with Crippen molar-refractivity contribution >= 4 is 17.2 Å². The molecule has 3 heteroatoms. The first kappa shape index (κ1) is 8.81. The van der Waals surface area contributed by atoms with Crippen molar-refractivity contribution in [2.45, 2.75) is 6.92 Å². The van der Waals surface area contributed by atoms with Gasteiger partial charge in [0.15, 0.2) is 0 Å². The molecule has 14 heavy (non-hydrogen) atoms. The lowest BCUT2D eigenvalue weighted by Gasteiger charge is -1.98. The number of benzene rings is 1. The molecule has 0 bridgehead atoms. The van der Waals surface area contributed by atoms with Crippen LogP contribution in [0.3, 0.4) is 0 Å². The monoisotopic (exact) mass is 187 g/mol. The van der Waals surface area contributed by atoms with E-state index in [4.69, 9.17) is 0 Å². The number of rotatable bonds is 2. The summed E-state index contributed by atoms with van der Waals surface area (Å²) in [7, 11) is 1.88. The smallest absolute Gasteiger partial charge is 0.110 e. The third-order valence-corrected chi connectivity index (χ3v) is 2.16. The van der Waals surface area contributed by atoms with E-state index in [9.17, 15) is 0 Å². The average Bonchev–Trinajstić information content (AvgIpc) is 2.51. The average molecular weight is 187 g/mol. The zero-order chi connectivity index (χ0) is 9.97. The fourth-order valence-corrected chi connectivity index (χ4v) is 1.50. The maximum Gasteiger partial charge on any atom is 0.110 e. The predicted molar refractivity (Wildman–Crippen MR) is 58.9 cm³/mol. The highest BCUT2D eigenvalue weighted by atomic mass is 15.1. The third kappa shape index (κ3) is 1.37. The van der Waals surface area contributed by atoms with Gasteiger partial charge in [-0.05, 0) is 19.1 Å². The molecule has 1 aromatic heterocycles. The van der Waals surface area contributed by atoms with Crippen LogP contribution in [0.5, 0.6) is 0 Å². The molecule has 72 valence electrons. The summed E-state index contributed by atoms with van der Waals surface area (Å²) in [6, 6.07) is 8.11. The van der Waals surface area contributed by atoms with Gasteiger partial charge in [-0.3, -0.25) is 0 Å². The van der Waals surface area contributed by atoms with Crippen LogP contribution in [0.4, 0.5) is 0 Å². The molecule has 1 N–H and O–H groups in total. The summed E-state index contributed by atoms with van der Waals surface area (Å²) < 4.78 is 2.06. The summed E-state index contributed by atoms with van der Waals surface area (Å²) in [6.07, 6.45) is 3.87. The molecule has 0 aliphatic carbocycles. The molecule has 1 heterocycles. The molecule has 0 spiro atoms. The van der Waals surface area contributed by atoms with Gasteiger partial charge in [0.25, 0.3) is 0 Å². The summed E-state index contributed by atoms with van der Waals surface area (Å²) in [5.41, 5.74) is 2.17. The Hall–Kier alpha value is -1.77. The van der Waals surface area contributed by atoms with Crippen molar-refractivity contribution in [1.82, 2.24) is 14.9 Å². The van der Waals surface area contributed by atoms with Crippen LogP contribution in [0.2, 0.25) is 0 Å². The van der Waals surface area contributed by atoms with Crippen molar-refractivity contribution in [2.24, 2.45) is 0 Å². The second-order valence-corrected chi connectivity index (χ2v) is 3.12. The van der Waals surface area contributed by atoms with Gasteiger partial charge in [-0.2, -0.15) is 0 Å². The zero-order valence-electron chi connectivity index (χ0n) is 8.36. The van der Waals surface area contributed by atoms with Gasteiger partial charge in [0, 0.05) is 19.4 Å². The first-order chi connectivity index (χ1) is 6.83. The van der Waals surface area contributed by atoms with E-state index in [1.165, 1.54) is 0 Å². The van der Waals surface area contributed by atoms with E-state index < -0.39 is 0 Å². The number of imidazole rings is 1. The van der Waals surface area contributed by atoms with Crippen LogP contribution in [-0.4, -0.2) is 16.6 Å². The zero-order valence-corrected chi connectivity index (χ0v) is 8.36. The largest absolute Gasteiger partial charge is 0.393 e. The Balaban J connectivity index is 2.62. The molecule has 0 aliphatic heterocycles. The highest BCUT2D eigenvalue weighted by Crippen LogP contribution is 2.15. The molecular weight excluding hydrogens is 174 g/mol. The molecule has 0 fully saturated rings. The van der Waals surface area contributed by atoms with E-state index in [1.54, 1.807) is 0 Å². The summed E-state index contributed by atoms with van der Waals surface area (Å²) in [6.45, 7) is 2.00. The maximum atomic E-state index is 4.45. The van der Waals surface area contributed by atoms with Crippen LogP contribution in [0.25, 0.3) is 17.2 Å². The van der Waals surface area contributed by atoms with E-state index in [2.05, 4.69) is 20.9 Å². The van der Waals surface area contributed by atoms with Crippen molar-refractivity contribution in [3.63, 3.8) is 0 Å². The van der Waals surface area contributed by atoms with Crippen LogP contribution >= 0.6 is 0 Å². The normalized spacial score (nSPS) is 11.3. The lowest BCUT2D eigenvalue weighted by atomic mass is 10.3. The fraction of sp³-hybridized carbons (Fsp3) is 0.182. The van der Waals surface area contributed by atoms with E-state index in [0.29, 0.717) is 0 Å². The van der Waals surface area contributed by atoms with Gasteiger partial charge in [-0.15, -0.1) is 0 Å². The van der Waals surface area contributed by atoms with E-state index in [0.717, 1.165) is 16.9 Å². The highest BCUT2D eigenvalue weighted by molar-refractivity contribution is 5.78. The fourth-order valence-electron chi connectivity index (χ4n) is 1.50. The number of aromatic nitrogens is 2. The molecule has 0 atom stereocenters.